The minimum atomic E-state index is 0.264. The molecule has 1 heterocycles. The highest BCUT2D eigenvalue weighted by Gasteiger charge is 2.18. The number of fused-ring (bicyclic) bond motifs is 3. The summed E-state index contributed by atoms with van der Waals surface area (Å²) in [6.07, 6.45) is 0. The van der Waals surface area contributed by atoms with Gasteiger partial charge in [-0.1, -0.05) is 18.2 Å². The molecule has 0 aromatic heterocycles. The van der Waals surface area contributed by atoms with Gasteiger partial charge in [-0.05, 0) is 18.2 Å². The summed E-state index contributed by atoms with van der Waals surface area (Å²) < 4.78 is 0. The lowest BCUT2D eigenvalue weighted by Crippen LogP contribution is -1.80. The predicted molar refractivity (Wildman–Crippen MR) is 55.0 cm³/mol. The first-order valence-corrected chi connectivity index (χ1v) is 4.49. The summed E-state index contributed by atoms with van der Waals surface area (Å²) in [5, 5.41) is 13.7. The number of hydrogen-bond donors (Lipinski definition) is 1. The average Bonchev–Trinajstić information content (AvgIpc) is 2.54. The van der Waals surface area contributed by atoms with Crippen molar-refractivity contribution in [2.24, 2.45) is 0 Å². The highest BCUT2D eigenvalue weighted by molar-refractivity contribution is 5.90. The van der Waals surface area contributed by atoms with Crippen LogP contribution in [-0.2, 0) is 0 Å². The van der Waals surface area contributed by atoms with Crippen LogP contribution in [0.15, 0.2) is 42.5 Å². The molecule has 1 N–H and O–H groups in total. The van der Waals surface area contributed by atoms with E-state index in [4.69, 9.17) is 0 Å². The molecule has 1 aliphatic rings. The third kappa shape index (κ3) is 0.909. The molecule has 2 aromatic carbocycles. The van der Waals surface area contributed by atoms with Crippen LogP contribution in [-0.4, -0.2) is 5.11 Å². The van der Waals surface area contributed by atoms with Crippen LogP contribution in [0.3, 0.4) is 0 Å². The number of phenolic OH excluding ortho intramolecular Hbond substituents is 1. The second-order valence-electron chi connectivity index (χ2n) is 3.33. The summed E-state index contributed by atoms with van der Waals surface area (Å²) in [5.74, 6) is 0.264. The summed E-state index contributed by atoms with van der Waals surface area (Å²) in [5.41, 5.74) is 4.07. The molecule has 0 aliphatic carbocycles. The Hall–Kier alpha value is -1.96. The topological polar surface area (TPSA) is 34.3 Å². The standard InChI is InChI=1S/C12H8NO/c14-8-5-6-10-9-3-1-2-4-11(9)13-12(10)7-8/h1-7,14H. The summed E-state index contributed by atoms with van der Waals surface area (Å²) in [4.78, 5) is 0. The number of phenols is 1. The van der Waals surface area contributed by atoms with Gasteiger partial charge in [0.25, 0.3) is 0 Å². The van der Waals surface area contributed by atoms with E-state index >= 15 is 0 Å². The number of benzene rings is 2. The van der Waals surface area contributed by atoms with Crippen molar-refractivity contribution in [3.05, 3.63) is 42.5 Å². The second-order valence-corrected chi connectivity index (χ2v) is 3.33. The van der Waals surface area contributed by atoms with Crippen LogP contribution in [0.2, 0.25) is 0 Å². The molecule has 3 rings (SSSR count). The number of nitrogens with zero attached hydrogens (tertiary/aromatic N) is 1. The highest BCUT2D eigenvalue weighted by Crippen LogP contribution is 2.43. The quantitative estimate of drug-likeness (QED) is 0.569. The third-order valence-corrected chi connectivity index (χ3v) is 2.42. The molecule has 0 amide bonds. The Morgan fingerprint density at radius 1 is 0.857 bits per heavy atom. The summed E-state index contributed by atoms with van der Waals surface area (Å²) in [6, 6.07) is 13.3. The van der Waals surface area contributed by atoms with Crippen molar-refractivity contribution >= 4 is 11.4 Å². The number of rotatable bonds is 0. The number of hydrogen-bond acceptors (Lipinski definition) is 1. The SMILES string of the molecule is Oc1ccc2c(c1)[N]c1ccccc1-2. The van der Waals surface area contributed by atoms with Crippen LogP contribution in [0, 0.1) is 0 Å². The Kier molecular flexibility index (Phi) is 1.34. The van der Waals surface area contributed by atoms with Crippen molar-refractivity contribution in [2.45, 2.75) is 0 Å². The van der Waals surface area contributed by atoms with E-state index in [0.717, 1.165) is 22.5 Å². The maximum absolute atomic E-state index is 9.32. The van der Waals surface area contributed by atoms with E-state index in [0.29, 0.717) is 0 Å². The van der Waals surface area contributed by atoms with E-state index in [1.54, 1.807) is 12.1 Å². The first-order chi connectivity index (χ1) is 6.84. The van der Waals surface area contributed by atoms with Gasteiger partial charge in [0.2, 0.25) is 0 Å². The molecular weight excluding hydrogens is 174 g/mol. The maximum Gasteiger partial charge on any atom is 0.117 e. The molecular formula is C12H8NO. The van der Waals surface area contributed by atoms with E-state index < -0.39 is 0 Å². The van der Waals surface area contributed by atoms with Gasteiger partial charge in [-0.2, -0.15) is 0 Å². The molecule has 1 radical (unpaired) electrons. The van der Waals surface area contributed by atoms with Gasteiger partial charge in [0.15, 0.2) is 0 Å². The molecule has 0 atom stereocenters. The molecule has 0 saturated heterocycles. The average molecular weight is 182 g/mol. The lowest BCUT2D eigenvalue weighted by atomic mass is 10.1. The van der Waals surface area contributed by atoms with E-state index in [-0.39, 0.29) is 5.75 Å². The summed E-state index contributed by atoms with van der Waals surface area (Å²) >= 11 is 0. The van der Waals surface area contributed by atoms with Crippen LogP contribution < -0.4 is 5.32 Å². The molecule has 67 valence electrons. The summed E-state index contributed by atoms with van der Waals surface area (Å²) in [7, 11) is 0. The Morgan fingerprint density at radius 3 is 2.57 bits per heavy atom. The van der Waals surface area contributed by atoms with Crippen molar-refractivity contribution in [3.63, 3.8) is 0 Å². The molecule has 1 aliphatic heterocycles. The Bertz CT molecular complexity index is 505. The first-order valence-electron chi connectivity index (χ1n) is 4.49. The van der Waals surface area contributed by atoms with E-state index in [1.165, 1.54) is 0 Å². The van der Waals surface area contributed by atoms with Gasteiger partial charge in [0, 0.05) is 17.2 Å². The molecule has 2 heteroatoms. The molecule has 2 nitrogen and oxygen atoms in total. The minimum absolute atomic E-state index is 0.264. The molecule has 0 spiro atoms. The van der Waals surface area contributed by atoms with Gasteiger partial charge >= 0.3 is 0 Å². The lowest BCUT2D eigenvalue weighted by molar-refractivity contribution is 0.475. The monoisotopic (exact) mass is 182 g/mol. The fourth-order valence-electron chi connectivity index (χ4n) is 1.77. The third-order valence-electron chi connectivity index (χ3n) is 2.42. The molecule has 0 saturated carbocycles. The van der Waals surface area contributed by atoms with Crippen molar-refractivity contribution in [2.75, 3.05) is 0 Å². The maximum atomic E-state index is 9.32. The minimum Gasteiger partial charge on any atom is -0.508 e. The van der Waals surface area contributed by atoms with Gasteiger partial charge < -0.3 is 5.11 Å². The molecule has 0 unspecified atom stereocenters. The van der Waals surface area contributed by atoms with Gasteiger partial charge in [-0.15, -0.1) is 0 Å². The van der Waals surface area contributed by atoms with E-state index in [9.17, 15) is 5.11 Å². The van der Waals surface area contributed by atoms with Crippen LogP contribution in [0.5, 0.6) is 5.75 Å². The predicted octanol–water partition coefficient (Wildman–Crippen LogP) is 2.94. The zero-order chi connectivity index (χ0) is 9.54. The fraction of sp³-hybridized carbons (Fsp3) is 0. The molecule has 14 heavy (non-hydrogen) atoms. The fourth-order valence-corrected chi connectivity index (χ4v) is 1.77. The van der Waals surface area contributed by atoms with Gasteiger partial charge in [0.1, 0.15) is 5.75 Å². The van der Waals surface area contributed by atoms with Crippen molar-refractivity contribution in [3.8, 4) is 16.9 Å². The van der Waals surface area contributed by atoms with Gasteiger partial charge in [-0.3, -0.25) is 0 Å². The second kappa shape index (κ2) is 2.51. The Balaban J connectivity index is 2.27. The largest absolute Gasteiger partial charge is 0.508 e. The zero-order valence-electron chi connectivity index (χ0n) is 7.44. The van der Waals surface area contributed by atoms with Gasteiger partial charge in [-0.25, -0.2) is 5.32 Å². The molecule has 2 aromatic rings. The van der Waals surface area contributed by atoms with Crippen LogP contribution >= 0.6 is 0 Å². The zero-order valence-corrected chi connectivity index (χ0v) is 7.44. The first kappa shape index (κ1) is 7.44. The van der Waals surface area contributed by atoms with Gasteiger partial charge in [0.05, 0.1) is 11.4 Å². The lowest BCUT2D eigenvalue weighted by Gasteiger charge is -1.97. The molecule has 0 bridgehead atoms. The normalized spacial score (nSPS) is 11.7. The van der Waals surface area contributed by atoms with E-state index in [2.05, 4.69) is 5.32 Å². The van der Waals surface area contributed by atoms with Crippen molar-refractivity contribution in [1.82, 2.24) is 5.32 Å². The number of aromatic hydroxyl groups is 1. The van der Waals surface area contributed by atoms with Crippen molar-refractivity contribution in [1.29, 1.82) is 0 Å². The van der Waals surface area contributed by atoms with Crippen LogP contribution in [0.4, 0.5) is 11.4 Å². The Morgan fingerprint density at radius 2 is 1.64 bits per heavy atom. The van der Waals surface area contributed by atoms with Crippen molar-refractivity contribution < 1.29 is 5.11 Å². The Labute approximate surface area is 81.8 Å². The van der Waals surface area contributed by atoms with Crippen LogP contribution in [0.1, 0.15) is 0 Å². The highest BCUT2D eigenvalue weighted by atomic mass is 16.3. The summed E-state index contributed by atoms with van der Waals surface area (Å²) in [6.45, 7) is 0. The smallest absolute Gasteiger partial charge is 0.117 e. The molecule has 0 fully saturated rings. The van der Waals surface area contributed by atoms with E-state index in [1.807, 2.05) is 30.3 Å². The van der Waals surface area contributed by atoms with Crippen LogP contribution in [0.25, 0.3) is 11.1 Å². The number of para-hydroxylation sites is 1.